The number of aliphatic hydroxyl groups is 1. The fourth-order valence-corrected chi connectivity index (χ4v) is 1.52. The fraction of sp³-hybridized carbons (Fsp3) is 0.417. The van der Waals surface area contributed by atoms with E-state index in [4.69, 9.17) is 10.4 Å². The van der Waals surface area contributed by atoms with Gasteiger partial charge in [-0.15, -0.1) is 0 Å². The molecule has 0 fully saturated rings. The number of hydrogen-bond donors (Lipinski definition) is 2. The largest absolute Gasteiger partial charge is 0.395 e. The monoisotopic (exact) mass is 222 g/mol. The van der Waals surface area contributed by atoms with E-state index >= 15 is 0 Å². The molecule has 2 N–H and O–H groups in total. The predicted molar refractivity (Wildman–Crippen MR) is 59.2 cm³/mol. The molecule has 1 rings (SSSR count). The second-order valence-electron chi connectivity index (χ2n) is 3.82. The van der Waals surface area contributed by atoms with Crippen LogP contribution in [0.3, 0.4) is 0 Å². The van der Waals surface area contributed by atoms with E-state index in [0.29, 0.717) is 11.1 Å². The van der Waals surface area contributed by atoms with Gasteiger partial charge >= 0.3 is 0 Å². The maximum Gasteiger partial charge on any atom is 0.129 e. The maximum atomic E-state index is 13.6. The van der Waals surface area contributed by atoms with E-state index in [9.17, 15) is 4.39 Å². The molecule has 0 saturated carbocycles. The summed E-state index contributed by atoms with van der Waals surface area (Å²) in [5.41, 5.74) is 0.808. The van der Waals surface area contributed by atoms with Crippen molar-refractivity contribution in [2.45, 2.75) is 25.9 Å². The van der Waals surface area contributed by atoms with Gasteiger partial charge < -0.3 is 10.4 Å². The molecule has 86 valence electrons. The average molecular weight is 222 g/mol. The summed E-state index contributed by atoms with van der Waals surface area (Å²) in [5, 5.41) is 20.5. The molecule has 0 heterocycles. The number of nitrogens with one attached hydrogen (secondary N) is 1. The van der Waals surface area contributed by atoms with Crippen molar-refractivity contribution in [2.75, 3.05) is 6.61 Å². The molecule has 4 heteroatoms. The summed E-state index contributed by atoms with van der Waals surface area (Å²) in [4.78, 5) is 0. The highest BCUT2D eigenvalue weighted by Crippen LogP contribution is 2.18. The van der Waals surface area contributed by atoms with Gasteiger partial charge in [0.1, 0.15) is 5.82 Å². The third-order valence-corrected chi connectivity index (χ3v) is 2.40. The molecular formula is C12H15FN2O. The Hall–Kier alpha value is -1.44. The van der Waals surface area contributed by atoms with Crippen LogP contribution in [0.2, 0.25) is 0 Å². The molecule has 2 atom stereocenters. The van der Waals surface area contributed by atoms with Crippen molar-refractivity contribution in [2.24, 2.45) is 0 Å². The lowest BCUT2D eigenvalue weighted by Gasteiger charge is -2.19. The number of benzene rings is 1. The van der Waals surface area contributed by atoms with Crippen molar-refractivity contribution in [1.82, 2.24) is 5.32 Å². The second-order valence-corrected chi connectivity index (χ2v) is 3.82. The van der Waals surface area contributed by atoms with Gasteiger partial charge in [-0.05, 0) is 26.0 Å². The minimum absolute atomic E-state index is 0.00222. The molecule has 0 radical (unpaired) electrons. The molecule has 16 heavy (non-hydrogen) atoms. The Labute approximate surface area is 94.5 Å². The minimum Gasteiger partial charge on any atom is -0.395 e. The van der Waals surface area contributed by atoms with Crippen LogP contribution in [-0.4, -0.2) is 17.8 Å². The molecule has 0 spiro atoms. The fourth-order valence-electron chi connectivity index (χ4n) is 1.52. The van der Waals surface area contributed by atoms with Crippen molar-refractivity contribution in [3.8, 4) is 6.07 Å². The van der Waals surface area contributed by atoms with Crippen molar-refractivity contribution < 1.29 is 9.50 Å². The van der Waals surface area contributed by atoms with Gasteiger partial charge in [0.25, 0.3) is 0 Å². The van der Waals surface area contributed by atoms with E-state index in [2.05, 4.69) is 5.32 Å². The maximum absolute atomic E-state index is 13.6. The van der Waals surface area contributed by atoms with Gasteiger partial charge in [0.05, 0.1) is 18.2 Å². The normalized spacial score (nSPS) is 14.2. The van der Waals surface area contributed by atoms with Gasteiger partial charge in [-0.2, -0.15) is 5.26 Å². The first-order valence-electron chi connectivity index (χ1n) is 5.15. The summed E-state index contributed by atoms with van der Waals surface area (Å²) >= 11 is 0. The van der Waals surface area contributed by atoms with Crippen molar-refractivity contribution in [3.05, 3.63) is 35.1 Å². The summed E-state index contributed by atoms with van der Waals surface area (Å²) in [5.74, 6) is -0.399. The molecule has 0 aromatic heterocycles. The van der Waals surface area contributed by atoms with Crippen molar-refractivity contribution in [1.29, 1.82) is 5.26 Å². The molecule has 0 saturated heterocycles. The zero-order valence-electron chi connectivity index (χ0n) is 9.37. The SMILES string of the molecule is CC(N[C@@H](C)CO)c1ccc(C#N)cc1F. The first kappa shape index (κ1) is 12.6. The molecule has 3 nitrogen and oxygen atoms in total. The van der Waals surface area contributed by atoms with Crippen LogP contribution in [0.1, 0.15) is 31.0 Å². The smallest absolute Gasteiger partial charge is 0.129 e. The van der Waals surface area contributed by atoms with Crippen LogP contribution in [0.4, 0.5) is 4.39 Å². The summed E-state index contributed by atoms with van der Waals surface area (Å²) in [6.07, 6.45) is 0. The van der Waals surface area contributed by atoms with Gasteiger partial charge in [0.15, 0.2) is 0 Å². The van der Waals surface area contributed by atoms with E-state index in [1.54, 1.807) is 12.1 Å². The Morgan fingerprint density at radius 3 is 2.69 bits per heavy atom. The van der Waals surface area contributed by atoms with Gasteiger partial charge in [0.2, 0.25) is 0 Å². The molecule has 0 amide bonds. The number of halogens is 1. The lowest BCUT2D eigenvalue weighted by atomic mass is 10.0. The predicted octanol–water partition coefficient (Wildman–Crippen LogP) is 1.73. The molecule has 0 aliphatic carbocycles. The topological polar surface area (TPSA) is 56.0 Å². The lowest BCUT2D eigenvalue weighted by molar-refractivity contribution is 0.242. The van der Waals surface area contributed by atoms with Gasteiger partial charge in [-0.25, -0.2) is 4.39 Å². The van der Waals surface area contributed by atoms with Crippen molar-refractivity contribution in [3.63, 3.8) is 0 Å². The molecule has 1 unspecified atom stereocenters. The summed E-state index contributed by atoms with van der Waals surface area (Å²) < 4.78 is 13.6. The third kappa shape index (κ3) is 3.02. The van der Waals surface area contributed by atoms with Crippen LogP contribution in [-0.2, 0) is 0 Å². The van der Waals surface area contributed by atoms with Gasteiger partial charge in [-0.3, -0.25) is 0 Å². The van der Waals surface area contributed by atoms with E-state index < -0.39 is 5.82 Å². The highest BCUT2D eigenvalue weighted by molar-refractivity contribution is 5.34. The van der Waals surface area contributed by atoms with Crippen LogP contribution in [0, 0.1) is 17.1 Å². The Bertz CT molecular complexity index is 400. The first-order valence-corrected chi connectivity index (χ1v) is 5.15. The van der Waals surface area contributed by atoms with Crippen LogP contribution in [0.25, 0.3) is 0 Å². The third-order valence-electron chi connectivity index (χ3n) is 2.40. The first-order chi connectivity index (χ1) is 7.58. The van der Waals surface area contributed by atoms with E-state index in [-0.39, 0.29) is 18.7 Å². The van der Waals surface area contributed by atoms with Crippen LogP contribution in [0.15, 0.2) is 18.2 Å². The lowest BCUT2D eigenvalue weighted by Crippen LogP contribution is -2.32. The number of nitriles is 1. The van der Waals surface area contributed by atoms with E-state index in [1.807, 2.05) is 19.9 Å². The average Bonchev–Trinajstić information content (AvgIpc) is 2.28. The molecular weight excluding hydrogens is 207 g/mol. The minimum atomic E-state index is -0.399. The molecule has 0 aliphatic rings. The second kappa shape index (κ2) is 5.59. The zero-order valence-corrected chi connectivity index (χ0v) is 9.37. The van der Waals surface area contributed by atoms with Crippen LogP contribution < -0.4 is 5.32 Å². The van der Waals surface area contributed by atoms with Crippen molar-refractivity contribution >= 4 is 0 Å². The molecule has 0 aliphatic heterocycles. The Morgan fingerprint density at radius 2 is 2.19 bits per heavy atom. The summed E-state index contributed by atoms with van der Waals surface area (Å²) in [7, 11) is 0. The highest BCUT2D eigenvalue weighted by Gasteiger charge is 2.13. The quantitative estimate of drug-likeness (QED) is 0.815. The number of aliphatic hydroxyl groups excluding tert-OH is 1. The number of rotatable bonds is 4. The summed E-state index contributed by atoms with van der Waals surface area (Å²) in [6, 6.07) is 5.99. The number of nitrogens with zero attached hydrogens (tertiary/aromatic N) is 1. The zero-order chi connectivity index (χ0) is 12.1. The molecule has 1 aromatic rings. The standard InChI is InChI=1S/C12H15FN2O/c1-8(7-16)15-9(2)11-4-3-10(6-14)5-12(11)13/h3-5,8-9,15-16H,7H2,1-2H3/t8-,9?/m0/s1. The van der Waals surface area contributed by atoms with E-state index in [0.717, 1.165) is 0 Å². The van der Waals surface area contributed by atoms with Gasteiger partial charge in [0, 0.05) is 17.6 Å². The Balaban J connectivity index is 2.84. The molecule has 0 bridgehead atoms. The summed E-state index contributed by atoms with van der Waals surface area (Å²) in [6.45, 7) is 3.64. The Kier molecular flexibility index (Phi) is 4.41. The van der Waals surface area contributed by atoms with E-state index in [1.165, 1.54) is 6.07 Å². The van der Waals surface area contributed by atoms with Crippen LogP contribution in [0.5, 0.6) is 0 Å². The Morgan fingerprint density at radius 1 is 1.50 bits per heavy atom. The highest BCUT2D eigenvalue weighted by atomic mass is 19.1. The van der Waals surface area contributed by atoms with Crippen LogP contribution >= 0.6 is 0 Å². The van der Waals surface area contributed by atoms with Gasteiger partial charge in [-0.1, -0.05) is 6.07 Å². The number of hydrogen-bond acceptors (Lipinski definition) is 3. The molecule has 1 aromatic carbocycles.